The van der Waals surface area contributed by atoms with E-state index in [2.05, 4.69) is 29.6 Å². The number of para-hydroxylation sites is 1. The molecule has 0 bridgehead atoms. The van der Waals surface area contributed by atoms with Gasteiger partial charge in [-0.15, -0.1) is 11.3 Å². The van der Waals surface area contributed by atoms with Gasteiger partial charge in [-0.2, -0.15) is 0 Å². The Kier molecular flexibility index (Phi) is 6.06. The summed E-state index contributed by atoms with van der Waals surface area (Å²) < 4.78 is 0. The van der Waals surface area contributed by atoms with Crippen LogP contribution in [0.15, 0.2) is 72.1 Å². The summed E-state index contributed by atoms with van der Waals surface area (Å²) in [4.78, 5) is 28.1. The van der Waals surface area contributed by atoms with Crippen molar-refractivity contribution in [3.8, 4) is 0 Å². The number of thiophene rings is 1. The Labute approximate surface area is 175 Å². The lowest BCUT2D eigenvalue weighted by Crippen LogP contribution is -2.39. The van der Waals surface area contributed by atoms with E-state index >= 15 is 0 Å². The summed E-state index contributed by atoms with van der Waals surface area (Å²) in [6.45, 7) is 1.51. The third-order valence-corrected chi connectivity index (χ3v) is 6.29. The molecule has 2 aromatic carbocycles. The van der Waals surface area contributed by atoms with Gasteiger partial charge >= 0.3 is 0 Å². The van der Waals surface area contributed by atoms with Crippen LogP contribution in [0.25, 0.3) is 0 Å². The Morgan fingerprint density at radius 1 is 0.931 bits per heavy atom. The van der Waals surface area contributed by atoms with Crippen LogP contribution in [-0.4, -0.2) is 29.8 Å². The quantitative estimate of drug-likeness (QED) is 0.643. The van der Waals surface area contributed by atoms with Crippen molar-refractivity contribution in [1.29, 1.82) is 0 Å². The summed E-state index contributed by atoms with van der Waals surface area (Å²) in [5.74, 6) is 0.419. The van der Waals surface area contributed by atoms with E-state index in [1.165, 1.54) is 16.9 Å². The van der Waals surface area contributed by atoms with Crippen LogP contribution >= 0.6 is 11.3 Å². The number of rotatable bonds is 5. The van der Waals surface area contributed by atoms with Crippen LogP contribution in [0.4, 0.5) is 5.69 Å². The summed E-state index contributed by atoms with van der Waals surface area (Å²) in [7, 11) is 0. The van der Waals surface area contributed by atoms with Gasteiger partial charge in [0.15, 0.2) is 0 Å². The predicted molar refractivity (Wildman–Crippen MR) is 117 cm³/mol. The van der Waals surface area contributed by atoms with Crippen molar-refractivity contribution < 1.29 is 9.59 Å². The largest absolute Gasteiger partial charge is 0.339 e. The number of carbonyl (C=O) groups excluding carboxylic acids is 2. The van der Waals surface area contributed by atoms with Crippen molar-refractivity contribution in [2.45, 2.75) is 19.3 Å². The molecule has 1 aliphatic heterocycles. The monoisotopic (exact) mass is 404 g/mol. The molecule has 1 N–H and O–H groups in total. The van der Waals surface area contributed by atoms with E-state index in [1.54, 1.807) is 18.2 Å². The zero-order valence-corrected chi connectivity index (χ0v) is 17.0. The molecule has 5 heteroatoms. The molecule has 0 aliphatic carbocycles. The average Bonchev–Trinajstić information content (AvgIpc) is 3.30. The van der Waals surface area contributed by atoms with E-state index in [1.807, 2.05) is 34.5 Å². The second kappa shape index (κ2) is 9.05. The first-order chi connectivity index (χ1) is 14.2. The fourth-order valence-electron chi connectivity index (χ4n) is 3.83. The molecule has 2 heterocycles. The lowest BCUT2D eigenvalue weighted by Gasteiger charge is -2.32. The van der Waals surface area contributed by atoms with Crippen molar-refractivity contribution in [3.63, 3.8) is 0 Å². The fourth-order valence-corrected chi connectivity index (χ4v) is 4.45. The standard InChI is InChI=1S/C24H24N2O2S/c27-23(22-11-6-16-29-22)25-21-10-5-4-9-20(21)24(28)26-14-12-19(13-15-26)17-18-7-2-1-3-8-18/h1-11,16,19H,12-15,17H2,(H,25,27). The molecule has 1 saturated heterocycles. The van der Waals surface area contributed by atoms with Gasteiger partial charge in [-0.1, -0.05) is 48.5 Å². The summed E-state index contributed by atoms with van der Waals surface area (Å²) >= 11 is 1.39. The van der Waals surface area contributed by atoms with Gasteiger partial charge in [-0.3, -0.25) is 9.59 Å². The molecule has 0 atom stereocenters. The van der Waals surface area contributed by atoms with E-state index in [9.17, 15) is 9.59 Å². The van der Waals surface area contributed by atoms with Crippen LogP contribution in [0.3, 0.4) is 0 Å². The highest BCUT2D eigenvalue weighted by Gasteiger charge is 2.25. The average molecular weight is 405 g/mol. The Balaban J connectivity index is 1.39. The van der Waals surface area contributed by atoms with Crippen LogP contribution < -0.4 is 5.32 Å². The predicted octanol–water partition coefficient (Wildman–Crippen LogP) is 5.10. The molecule has 148 valence electrons. The minimum atomic E-state index is -0.179. The summed E-state index contributed by atoms with van der Waals surface area (Å²) in [5.41, 5.74) is 2.49. The molecule has 4 rings (SSSR count). The number of piperidine rings is 1. The maximum absolute atomic E-state index is 13.1. The lowest BCUT2D eigenvalue weighted by atomic mass is 9.90. The number of nitrogens with one attached hydrogen (secondary N) is 1. The van der Waals surface area contributed by atoms with E-state index in [-0.39, 0.29) is 11.8 Å². The maximum atomic E-state index is 13.1. The molecule has 0 radical (unpaired) electrons. The Morgan fingerprint density at radius 2 is 1.66 bits per heavy atom. The molecule has 0 unspecified atom stereocenters. The van der Waals surface area contributed by atoms with Crippen LogP contribution in [0.5, 0.6) is 0 Å². The topological polar surface area (TPSA) is 49.4 Å². The maximum Gasteiger partial charge on any atom is 0.265 e. The van der Waals surface area contributed by atoms with Gasteiger partial charge in [-0.05, 0) is 54.3 Å². The summed E-state index contributed by atoms with van der Waals surface area (Å²) in [5, 5.41) is 4.76. The van der Waals surface area contributed by atoms with Crippen LogP contribution in [-0.2, 0) is 6.42 Å². The normalized spacial score (nSPS) is 14.6. The van der Waals surface area contributed by atoms with E-state index in [0.29, 0.717) is 22.0 Å². The van der Waals surface area contributed by atoms with Gasteiger partial charge < -0.3 is 10.2 Å². The minimum Gasteiger partial charge on any atom is -0.339 e. The van der Waals surface area contributed by atoms with Gasteiger partial charge in [0.25, 0.3) is 11.8 Å². The molecule has 2 amide bonds. The number of nitrogens with zero attached hydrogens (tertiary/aromatic N) is 1. The highest BCUT2D eigenvalue weighted by Crippen LogP contribution is 2.25. The lowest BCUT2D eigenvalue weighted by molar-refractivity contribution is 0.0691. The van der Waals surface area contributed by atoms with Crippen LogP contribution in [0.2, 0.25) is 0 Å². The SMILES string of the molecule is O=C(Nc1ccccc1C(=O)N1CCC(Cc2ccccc2)CC1)c1cccs1. The summed E-state index contributed by atoms with van der Waals surface area (Å²) in [6, 6.07) is 21.4. The van der Waals surface area contributed by atoms with Crippen molar-refractivity contribution in [3.05, 3.63) is 88.1 Å². The molecule has 0 spiro atoms. The first-order valence-corrected chi connectivity index (χ1v) is 10.9. The minimum absolute atomic E-state index is 0.00904. The van der Waals surface area contributed by atoms with E-state index in [4.69, 9.17) is 0 Å². The van der Waals surface area contributed by atoms with Crippen molar-refractivity contribution in [2.24, 2.45) is 5.92 Å². The summed E-state index contributed by atoms with van der Waals surface area (Å²) in [6.07, 6.45) is 3.07. The number of carbonyl (C=O) groups is 2. The number of hydrogen-bond acceptors (Lipinski definition) is 3. The molecular formula is C24H24N2O2S. The molecule has 4 nitrogen and oxygen atoms in total. The molecule has 29 heavy (non-hydrogen) atoms. The van der Waals surface area contributed by atoms with Crippen molar-refractivity contribution >= 4 is 28.8 Å². The van der Waals surface area contributed by atoms with Crippen molar-refractivity contribution in [2.75, 3.05) is 18.4 Å². The van der Waals surface area contributed by atoms with Crippen LogP contribution in [0, 0.1) is 5.92 Å². The number of anilines is 1. The molecule has 1 aromatic heterocycles. The smallest absolute Gasteiger partial charge is 0.265 e. The second-order valence-electron chi connectivity index (χ2n) is 7.40. The van der Waals surface area contributed by atoms with Gasteiger partial charge in [0.05, 0.1) is 16.1 Å². The Bertz CT molecular complexity index is 962. The van der Waals surface area contributed by atoms with Crippen molar-refractivity contribution in [1.82, 2.24) is 4.90 Å². The van der Waals surface area contributed by atoms with E-state index in [0.717, 1.165) is 32.4 Å². The number of benzene rings is 2. The fraction of sp³-hybridized carbons (Fsp3) is 0.250. The number of hydrogen-bond donors (Lipinski definition) is 1. The first kappa shape index (κ1) is 19.4. The Morgan fingerprint density at radius 3 is 2.38 bits per heavy atom. The molecule has 1 aliphatic rings. The molecule has 3 aromatic rings. The van der Waals surface area contributed by atoms with Gasteiger partial charge in [-0.25, -0.2) is 0 Å². The molecular weight excluding hydrogens is 380 g/mol. The second-order valence-corrected chi connectivity index (χ2v) is 8.35. The van der Waals surface area contributed by atoms with E-state index < -0.39 is 0 Å². The van der Waals surface area contributed by atoms with Gasteiger partial charge in [0, 0.05) is 13.1 Å². The molecule has 1 fully saturated rings. The third-order valence-electron chi connectivity index (χ3n) is 5.42. The molecule has 0 saturated carbocycles. The third kappa shape index (κ3) is 4.74. The zero-order valence-electron chi connectivity index (χ0n) is 16.2. The zero-order chi connectivity index (χ0) is 20.1. The number of likely N-dealkylation sites (tertiary alicyclic amines) is 1. The van der Waals surface area contributed by atoms with Gasteiger partial charge in [0.2, 0.25) is 0 Å². The van der Waals surface area contributed by atoms with Crippen LogP contribution in [0.1, 0.15) is 38.4 Å². The van der Waals surface area contributed by atoms with Gasteiger partial charge in [0.1, 0.15) is 0 Å². The Hall–Kier alpha value is -2.92. The first-order valence-electron chi connectivity index (χ1n) is 9.98. The number of amides is 2. The highest BCUT2D eigenvalue weighted by molar-refractivity contribution is 7.12. The highest BCUT2D eigenvalue weighted by atomic mass is 32.1.